The van der Waals surface area contributed by atoms with Crippen molar-refractivity contribution in [3.8, 4) is 0 Å². The average molecular weight is 412 g/mol. The van der Waals surface area contributed by atoms with Gasteiger partial charge >= 0.3 is 152 Å². The molecule has 0 N–H and O–H groups in total. The summed E-state index contributed by atoms with van der Waals surface area (Å²) < 4.78 is 29.1. The van der Waals surface area contributed by atoms with E-state index in [-0.39, 0.29) is 5.75 Å². The Kier molecular flexibility index (Phi) is 4.79. The van der Waals surface area contributed by atoms with E-state index in [0.717, 1.165) is 39.1 Å². The Balaban J connectivity index is 2.16. The van der Waals surface area contributed by atoms with Crippen LogP contribution in [0, 0.1) is 19.8 Å². The first kappa shape index (κ1) is 17.9. The van der Waals surface area contributed by atoms with Gasteiger partial charge in [0.2, 0.25) is 0 Å². The second kappa shape index (κ2) is 6.43. The van der Waals surface area contributed by atoms with Crippen molar-refractivity contribution in [1.82, 2.24) is 18.8 Å². The van der Waals surface area contributed by atoms with Gasteiger partial charge in [0.05, 0.1) is 0 Å². The van der Waals surface area contributed by atoms with Crippen LogP contribution >= 0.6 is 0 Å². The molecule has 0 amide bonds. The summed E-state index contributed by atoms with van der Waals surface area (Å²) in [7, 11) is -3.13. The van der Waals surface area contributed by atoms with Gasteiger partial charge in [-0.2, -0.15) is 0 Å². The molecule has 0 aliphatic carbocycles. The van der Waals surface area contributed by atoms with Crippen molar-refractivity contribution < 1.29 is 8.42 Å². The maximum atomic E-state index is 12.2. The zero-order chi connectivity index (χ0) is 17.6. The van der Waals surface area contributed by atoms with Crippen molar-refractivity contribution in [2.75, 3.05) is 12.3 Å². The molecular formula is C16H25AsN4O2S. The third-order valence-electron chi connectivity index (χ3n) is 4.54. The Labute approximate surface area is 152 Å². The van der Waals surface area contributed by atoms with Crippen LogP contribution in [0.1, 0.15) is 37.4 Å². The fourth-order valence-corrected chi connectivity index (χ4v) is 5.56. The van der Waals surface area contributed by atoms with Crippen molar-refractivity contribution in [2.24, 2.45) is 5.92 Å². The summed E-state index contributed by atoms with van der Waals surface area (Å²) >= 11 is 1.46. The summed E-state index contributed by atoms with van der Waals surface area (Å²) in [6.07, 6.45) is 0.703. The topological polar surface area (TPSA) is 68.1 Å². The molecule has 0 spiro atoms. The molecule has 24 heavy (non-hydrogen) atoms. The molecule has 6 nitrogen and oxygen atoms in total. The number of sulfonamides is 1. The van der Waals surface area contributed by atoms with Gasteiger partial charge in [-0.25, -0.2) is 0 Å². The number of hydrogen-bond acceptors (Lipinski definition) is 4. The van der Waals surface area contributed by atoms with E-state index in [1.165, 1.54) is 16.9 Å². The SMILES string of the molecule is Cc1nc([AsH2])c2nc(CN3CCCS3(=O)=O)n(CC(C)C)c2c1C. The van der Waals surface area contributed by atoms with Gasteiger partial charge in [0.1, 0.15) is 0 Å². The molecule has 2 aromatic heterocycles. The molecule has 0 bridgehead atoms. The first-order valence-corrected chi connectivity index (χ1v) is 11.1. The molecule has 2 aromatic rings. The molecule has 1 unspecified atom stereocenters. The van der Waals surface area contributed by atoms with E-state index in [2.05, 4.69) is 30.3 Å². The Hall–Kier alpha value is -0.912. The normalized spacial score (nSPS) is 18.1. The van der Waals surface area contributed by atoms with Crippen LogP contribution < -0.4 is 4.48 Å². The molecular weight excluding hydrogens is 387 g/mol. The van der Waals surface area contributed by atoms with Gasteiger partial charge in [0, 0.05) is 0 Å². The molecule has 0 saturated carbocycles. The zero-order valence-corrected chi connectivity index (χ0v) is 17.9. The summed E-state index contributed by atoms with van der Waals surface area (Å²) in [6, 6.07) is 0. The Bertz CT molecular complexity index is 889. The van der Waals surface area contributed by atoms with E-state index in [4.69, 9.17) is 4.98 Å². The first-order valence-electron chi connectivity index (χ1n) is 8.30. The number of aryl methyl sites for hydroxylation is 2. The van der Waals surface area contributed by atoms with Crippen molar-refractivity contribution in [1.29, 1.82) is 0 Å². The van der Waals surface area contributed by atoms with Gasteiger partial charge < -0.3 is 0 Å². The van der Waals surface area contributed by atoms with Gasteiger partial charge in [-0.3, -0.25) is 0 Å². The van der Waals surface area contributed by atoms with Crippen LogP contribution in [0.4, 0.5) is 0 Å². The Morgan fingerprint density at radius 3 is 2.54 bits per heavy atom. The molecule has 1 atom stereocenters. The number of aromatic nitrogens is 3. The summed E-state index contributed by atoms with van der Waals surface area (Å²) in [5.41, 5.74) is 4.19. The number of hydrogen-bond donors (Lipinski definition) is 0. The second-order valence-electron chi connectivity index (χ2n) is 6.94. The van der Waals surface area contributed by atoms with Gasteiger partial charge in [-0.15, -0.1) is 0 Å². The number of rotatable bonds is 4. The summed E-state index contributed by atoms with van der Waals surface area (Å²) in [4.78, 5) is 9.42. The van der Waals surface area contributed by atoms with Crippen LogP contribution in [0.3, 0.4) is 0 Å². The van der Waals surface area contributed by atoms with Crippen molar-refractivity contribution in [2.45, 2.75) is 47.2 Å². The van der Waals surface area contributed by atoms with E-state index < -0.39 is 10.0 Å². The van der Waals surface area contributed by atoms with Crippen LogP contribution in [-0.4, -0.2) is 56.4 Å². The van der Waals surface area contributed by atoms with E-state index >= 15 is 0 Å². The van der Waals surface area contributed by atoms with E-state index in [9.17, 15) is 8.42 Å². The Morgan fingerprint density at radius 1 is 1.25 bits per heavy atom. The van der Waals surface area contributed by atoms with E-state index in [1.807, 2.05) is 6.92 Å². The number of nitrogens with zero attached hydrogens (tertiary/aromatic N) is 4. The molecule has 3 heterocycles. The van der Waals surface area contributed by atoms with E-state index in [1.54, 1.807) is 4.31 Å². The molecule has 0 radical (unpaired) electrons. The van der Waals surface area contributed by atoms with Crippen molar-refractivity contribution in [3.05, 3.63) is 17.1 Å². The molecule has 1 aliphatic rings. The van der Waals surface area contributed by atoms with Crippen LogP contribution in [0.5, 0.6) is 0 Å². The van der Waals surface area contributed by atoms with Gasteiger partial charge in [-0.05, 0) is 0 Å². The Morgan fingerprint density at radius 2 is 1.96 bits per heavy atom. The average Bonchev–Trinajstić information content (AvgIpc) is 2.98. The summed E-state index contributed by atoms with van der Waals surface area (Å²) in [5, 5.41) is 0. The monoisotopic (exact) mass is 412 g/mol. The van der Waals surface area contributed by atoms with Gasteiger partial charge in [-0.1, -0.05) is 0 Å². The second-order valence-corrected chi connectivity index (χ2v) is 10.2. The van der Waals surface area contributed by atoms with Crippen LogP contribution in [0.15, 0.2) is 0 Å². The molecule has 132 valence electrons. The molecule has 1 aliphatic heterocycles. The third-order valence-corrected chi connectivity index (χ3v) is 7.29. The fraction of sp³-hybridized carbons (Fsp3) is 0.625. The van der Waals surface area contributed by atoms with Gasteiger partial charge in [0.25, 0.3) is 0 Å². The van der Waals surface area contributed by atoms with Crippen LogP contribution in [-0.2, 0) is 23.1 Å². The van der Waals surface area contributed by atoms with Crippen molar-refractivity contribution >= 4 is 42.4 Å². The molecule has 1 fully saturated rings. The molecule has 8 heteroatoms. The van der Waals surface area contributed by atoms with Gasteiger partial charge in [0.15, 0.2) is 0 Å². The first-order chi connectivity index (χ1) is 11.2. The standard InChI is InChI=1S/C16H25AsN4O2S/c1-10(2)8-21-13(9-20-6-5-7-24(20,22)23)19-14-15(21)11(3)12(4)18-16(14)17/h10H,5-9,17H2,1-4H3. The zero-order valence-electron chi connectivity index (χ0n) is 14.7. The number of pyridine rings is 1. The summed E-state index contributed by atoms with van der Waals surface area (Å²) in [5.74, 6) is 1.53. The fourth-order valence-electron chi connectivity index (χ4n) is 3.26. The van der Waals surface area contributed by atoms with Crippen LogP contribution in [0.2, 0.25) is 0 Å². The predicted octanol–water partition coefficient (Wildman–Crippen LogP) is 0.498. The molecule has 3 rings (SSSR count). The van der Waals surface area contributed by atoms with Crippen LogP contribution in [0.25, 0.3) is 11.0 Å². The molecule has 0 aromatic carbocycles. The predicted molar refractivity (Wildman–Crippen MR) is 98.8 cm³/mol. The number of imidazole rings is 1. The van der Waals surface area contributed by atoms with E-state index in [0.29, 0.717) is 25.4 Å². The minimum absolute atomic E-state index is 0.249. The maximum absolute atomic E-state index is 12.2. The van der Waals surface area contributed by atoms with Crippen molar-refractivity contribution in [3.63, 3.8) is 0 Å². The molecule has 1 saturated heterocycles. The quantitative estimate of drug-likeness (QED) is 0.686. The third kappa shape index (κ3) is 3.14. The minimum atomic E-state index is -3.13. The summed E-state index contributed by atoms with van der Waals surface area (Å²) in [6.45, 7) is 10.2. The number of fused-ring (bicyclic) bond motifs is 1.